The fourth-order valence-electron chi connectivity index (χ4n) is 3.69. The maximum absolute atomic E-state index is 12.9. The van der Waals surface area contributed by atoms with Crippen LogP contribution in [0.25, 0.3) is 0 Å². The maximum Gasteiger partial charge on any atom is 0.262 e. The Morgan fingerprint density at radius 2 is 1.77 bits per heavy atom. The van der Waals surface area contributed by atoms with Crippen LogP contribution in [0.15, 0.2) is 58.8 Å². The van der Waals surface area contributed by atoms with Crippen LogP contribution >= 0.6 is 11.3 Å². The molecule has 0 saturated heterocycles. The number of sulfonamides is 1. The van der Waals surface area contributed by atoms with E-state index in [-0.39, 0.29) is 10.8 Å². The Balaban J connectivity index is 1.29. The van der Waals surface area contributed by atoms with Crippen molar-refractivity contribution >= 4 is 33.0 Å². The molecule has 2 aliphatic heterocycles. The number of benzene rings is 2. The molecule has 0 aliphatic carbocycles. The van der Waals surface area contributed by atoms with Gasteiger partial charge in [-0.25, -0.2) is 8.42 Å². The van der Waals surface area contributed by atoms with Crippen molar-refractivity contribution in [3.05, 3.63) is 69.9 Å². The molecule has 0 unspecified atom stereocenters. The van der Waals surface area contributed by atoms with Crippen molar-refractivity contribution in [3.8, 4) is 11.5 Å². The highest BCUT2D eigenvalue weighted by atomic mass is 32.2. The van der Waals surface area contributed by atoms with Gasteiger partial charge < -0.3 is 14.4 Å². The molecule has 7 nitrogen and oxygen atoms in total. The van der Waals surface area contributed by atoms with Crippen molar-refractivity contribution in [2.24, 2.45) is 0 Å². The molecule has 1 aromatic heterocycles. The SMILES string of the molecule is O=C(c1ccc(NS(=O)(=O)c2ccc3c(c2)OCCO3)cc1)N1CCc2sccc2C1. The average molecular weight is 457 g/mol. The molecule has 2 aliphatic rings. The molecule has 0 spiro atoms. The quantitative estimate of drug-likeness (QED) is 0.649. The Kier molecular flexibility index (Phi) is 5.07. The summed E-state index contributed by atoms with van der Waals surface area (Å²) in [5.41, 5.74) is 2.11. The number of ether oxygens (including phenoxy) is 2. The summed E-state index contributed by atoms with van der Waals surface area (Å²) in [6.07, 6.45) is 0.867. The van der Waals surface area contributed by atoms with Gasteiger partial charge in [0.2, 0.25) is 0 Å². The third-order valence-corrected chi connectivity index (χ3v) is 7.70. The van der Waals surface area contributed by atoms with Crippen molar-refractivity contribution in [1.29, 1.82) is 0 Å². The fourth-order valence-corrected chi connectivity index (χ4v) is 5.65. The van der Waals surface area contributed by atoms with Crippen LogP contribution in [0.2, 0.25) is 0 Å². The summed E-state index contributed by atoms with van der Waals surface area (Å²) in [6, 6.07) is 13.1. The standard InChI is InChI=1S/C22H20N2O5S2/c25-22(24-9-7-21-16(14-24)8-12-30-21)15-1-3-17(4-2-15)23-31(26,27)18-5-6-19-20(13-18)29-11-10-28-19/h1-6,8,12-13,23H,7,9-11,14H2. The van der Waals surface area contributed by atoms with Gasteiger partial charge in [0.1, 0.15) is 13.2 Å². The lowest BCUT2D eigenvalue weighted by Crippen LogP contribution is -2.35. The Labute approximate surface area is 184 Å². The van der Waals surface area contributed by atoms with Gasteiger partial charge in [0.05, 0.1) is 4.90 Å². The van der Waals surface area contributed by atoms with Crippen LogP contribution < -0.4 is 14.2 Å². The number of carbonyl (C=O) groups excluding carboxylic acids is 1. The van der Waals surface area contributed by atoms with E-state index in [2.05, 4.69) is 16.2 Å². The Hall–Kier alpha value is -3.04. The summed E-state index contributed by atoms with van der Waals surface area (Å²) < 4.78 is 39.0. The molecule has 160 valence electrons. The minimum Gasteiger partial charge on any atom is -0.486 e. The van der Waals surface area contributed by atoms with Crippen LogP contribution in [0.1, 0.15) is 20.8 Å². The van der Waals surface area contributed by atoms with E-state index in [1.165, 1.54) is 22.6 Å². The minimum atomic E-state index is -3.81. The van der Waals surface area contributed by atoms with Gasteiger partial charge in [-0.2, -0.15) is 0 Å². The highest BCUT2D eigenvalue weighted by Crippen LogP contribution is 2.33. The number of thiophene rings is 1. The number of nitrogens with one attached hydrogen (secondary N) is 1. The van der Waals surface area contributed by atoms with Crippen molar-refractivity contribution < 1.29 is 22.7 Å². The summed E-state index contributed by atoms with van der Waals surface area (Å²) in [7, 11) is -3.81. The fraction of sp³-hybridized carbons (Fsp3) is 0.227. The maximum atomic E-state index is 12.9. The molecule has 0 fully saturated rings. The number of hydrogen-bond donors (Lipinski definition) is 1. The molecule has 0 atom stereocenters. The lowest BCUT2D eigenvalue weighted by Gasteiger charge is -2.27. The first-order valence-electron chi connectivity index (χ1n) is 9.87. The third kappa shape index (κ3) is 3.98. The van der Waals surface area contributed by atoms with Gasteiger partial charge in [-0.05, 0) is 59.8 Å². The first-order chi connectivity index (χ1) is 15.0. The largest absolute Gasteiger partial charge is 0.486 e. The van der Waals surface area contributed by atoms with E-state index in [4.69, 9.17) is 9.47 Å². The highest BCUT2D eigenvalue weighted by molar-refractivity contribution is 7.92. The molecule has 1 N–H and O–H groups in total. The van der Waals surface area contributed by atoms with Crippen molar-refractivity contribution in [2.75, 3.05) is 24.5 Å². The van der Waals surface area contributed by atoms with E-state index < -0.39 is 10.0 Å². The van der Waals surface area contributed by atoms with E-state index in [1.807, 2.05) is 4.90 Å². The summed E-state index contributed by atoms with van der Waals surface area (Å²) in [6.45, 7) is 2.11. The number of hydrogen-bond acceptors (Lipinski definition) is 6. The first kappa shape index (κ1) is 19.9. The molecule has 9 heteroatoms. The van der Waals surface area contributed by atoms with E-state index >= 15 is 0 Å². The highest BCUT2D eigenvalue weighted by Gasteiger charge is 2.23. The van der Waals surface area contributed by atoms with E-state index in [1.54, 1.807) is 41.7 Å². The van der Waals surface area contributed by atoms with Crippen LogP contribution in [0.4, 0.5) is 5.69 Å². The zero-order valence-electron chi connectivity index (χ0n) is 16.5. The van der Waals surface area contributed by atoms with Gasteiger partial charge in [-0.1, -0.05) is 0 Å². The van der Waals surface area contributed by atoms with Gasteiger partial charge in [0, 0.05) is 35.3 Å². The Morgan fingerprint density at radius 3 is 2.58 bits per heavy atom. The third-order valence-electron chi connectivity index (χ3n) is 5.30. The molecule has 5 rings (SSSR count). The molecule has 3 heterocycles. The number of nitrogens with zero attached hydrogens (tertiary/aromatic N) is 1. The number of fused-ring (bicyclic) bond motifs is 2. The minimum absolute atomic E-state index is 0.0573. The molecule has 0 bridgehead atoms. The molecule has 0 radical (unpaired) electrons. The molecule has 2 aromatic carbocycles. The number of anilines is 1. The normalized spacial score (nSPS) is 15.3. The lowest BCUT2D eigenvalue weighted by molar-refractivity contribution is 0.0736. The Bertz CT molecular complexity index is 1240. The lowest BCUT2D eigenvalue weighted by atomic mass is 10.1. The van der Waals surface area contributed by atoms with Crippen LogP contribution in [0, 0.1) is 0 Å². The van der Waals surface area contributed by atoms with Crippen LogP contribution in [0.5, 0.6) is 11.5 Å². The molecule has 31 heavy (non-hydrogen) atoms. The van der Waals surface area contributed by atoms with E-state index in [0.29, 0.717) is 49.1 Å². The van der Waals surface area contributed by atoms with Gasteiger partial charge in [-0.3, -0.25) is 9.52 Å². The van der Waals surface area contributed by atoms with Crippen LogP contribution in [0.3, 0.4) is 0 Å². The van der Waals surface area contributed by atoms with E-state index in [0.717, 1.165) is 6.42 Å². The van der Waals surface area contributed by atoms with Gasteiger partial charge in [0.15, 0.2) is 11.5 Å². The number of rotatable bonds is 4. The predicted molar refractivity (Wildman–Crippen MR) is 117 cm³/mol. The van der Waals surface area contributed by atoms with E-state index in [9.17, 15) is 13.2 Å². The molecule has 1 amide bonds. The molecular weight excluding hydrogens is 436 g/mol. The van der Waals surface area contributed by atoms with Gasteiger partial charge in [0.25, 0.3) is 15.9 Å². The zero-order valence-corrected chi connectivity index (χ0v) is 18.2. The summed E-state index contributed by atoms with van der Waals surface area (Å²) in [5.74, 6) is 0.879. The monoisotopic (exact) mass is 456 g/mol. The second-order valence-corrected chi connectivity index (χ2v) is 10.0. The number of amides is 1. The average Bonchev–Trinajstić information content (AvgIpc) is 3.26. The number of carbonyl (C=O) groups is 1. The summed E-state index contributed by atoms with van der Waals surface area (Å²) in [5, 5.41) is 2.06. The second-order valence-electron chi connectivity index (χ2n) is 7.33. The molecule has 3 aromatic rings. The zero-order chi connectivity index (χ0) is 21.4. The van der Waals surface area contributed by atoms with Crippen molar-refractivity contribution in [1.82, 2.24) is 4.90 Å². The smallest absolute Gasteiger partial charge is 0.262 e. The van der Waals surface area contributed by atoms with Gasteiger partial charge >= 0.3 is 0 Å². The van der Waals surface area contributed by atoms with Crippen molar-refractivity contribution in [2.45, 2.75) is 17.9 Å². The summed E-state index contributed by atoms with van der Waals surface area (Å²) in [4.78, 5) is 16.1. The summed E-state index contributed by atoms with van der Waals surface area (Å²) >= 11 is 1.73. The molecular formula is C22H20N2O5S2. The van der Waals surface area contributed by atoms with Crippen molar-refractivity contribution in [3.63, 3.8) is 0 Å². The second kappa shape index (κ2) is 7.90. The predicted octanol–water partition coefficient (Wildman–Crippen LogP) is 3.52. The topological polar surface area (TPSA) is 84.9 Å². The van der Waals surface area contributed by atoms with Crippen LogP contribution in [-0.4, -0.2) is 39.0 Å². The Morgan fingerprint density at radius 1 is 1.00 bits per heavy atom. The molecule has 0 saturated carbocycles. The van der Waals surface area contributed by atoms with Gasteiger partial charge in [-0.15, -0.1) is 11.3 Å². The first-order valence-corrected chi connectivity index (χ1v) is 12.2. The van der Waals surface area contributed by atoms with Crippen LogP contribution in [-0.2, 0) is 23.0 Å².